The highest BCUT2D eigenvalue weighted by atomic mass is 19.4. The lowest BCUT2D eigenvalue weighted by Crippen LogP contribution is -2.53. The van der Waals surface area contributed by atoms with Crippen LogP contribution in [0.15, 0.2) is 84.9 Å². The van der Waals surface area contributed by atoms with Crippen LogP contribution in [0.4, 0.5) is 18.9 Å². The number of piperazine rings is 1. The molecule has 2 amide bonds. The first-order chi connectivity index (χ1) is 17.8. The monoisotopic (exact) mass is 509 g/mol. The molecule has 0 aromatic heterocycles. The summed E-state index contributed by atoms with van der Waals surface area (Å²) in [6.45, 7) is 2.67. The lowest BCUT2D eigenvalue weighted by molar-refractivity contribution is -0.274. The Balaban J connectivity index is 1.27. The molecule has 192 valence electrons. The van der Waals surface area contributed by atoms with Gasteiger partial charge in [-0.3, -0.25) is 19.4 Å². The van der Waals surface area contributed by atoms with Gasteiger partial charge in [0.05, 0.1) is 24.2 Å². The van der Waals surface area contributed by atoms with Gasteiger partial charge in [0.1, 0.15) is 5.75 Å². The molecule has 2 saturated heterocycles. The Morgan fingerprint density at radius 2 is 1.30 bits per heavy atom. The first kappa shape index (κ1) is 25.0. The van der Waals surface area contributed by atoms with E-state index in [0.717, 1.165) is 30.1 Å². The molecular weight excluding hydrogens is 483 g/mol. The molecule has 2 heterocycles. The average molecular weight is 510 g/mol. The molecule has 6 nitrogen and oxygen atoms in total. The molecule has 2 fully saturated rings. The summed E-state index contributed by atoms with van der Waals surface area (Å²) in [7, 11) is 0. The van der Waals surface area contributed by atoms with Crippen LogP contribution in [0.25, 0.3) is 0 Å². The lowest BCUT2D eigenvalue weighted by atomic mass is 9.96. The van der Waals surface area contributed by atoms with Crippen molar-refractivity contribution in [3.05, 3.63) is 96.1 Å². The van der Waals surface area contributed by atoms with E-state index in [1.165, 1.54) is 23.3 Å². The van der Waals surface area contributed by atoms with Gasteiger partial charge in [0.25, 0.3) is 5.91 Å². The zero-order valence-corrected chi connectivity index (χ0v) is 20.0. The van der Waals surface area contributed by atoms with E-state index in [4.69, 9.17) is 0 Å². The van der Waals surface area contributed by atoms with Gasteiger partial charge in [0, 0.05) is 26.2 Å². The number of ether oxygens (including phenoxy) is 1. The van der Waals surface area contributed by atoms with Crippen LogP contribution in [0.2, 0.25) is 0 Å². The molecular formula is C28H26F3N3O3. The van der Waals surface area contributed by atoms with E-state index in [2.05, 4.69) is 33.9 Å². The molecule has 0 saturated carbocycles. The lowest BCUT2D eigenvalue weighted by Gasteiger charge is -2.41. The van der Waals surface area contributed by atoms with Gasteiger partial charge in [-0.1, -0.05) is 60.7 Å². The fourth-order valence-electron chi connectivity index (χ4n) is 5.16. The number of anilines is 1. The number of halogens is 3. The predicted octanol–water partition coefficient (Wildman–Crippen LogP) is 4.62. The molecule has 3 aromatic carbocycles. The maximum absolute atomic E-state index is 13.2. The Kier molecular flexibility index (Phi) is 6.99. The second-order valence-corrected chi connectivity index (χ2v) is 9.12. The maximum atomic E-state index is 13.2. The molecule has 0 N–H and O–H groups in total. The van der Waals surface area contributed by atoms with E-state index in [9.17, 15) is 22.8 Å². The Labute approximate surface area is 212 Å². The number of imide groups is 1. The van der Waals surface area contributed by atoms with Crippen molar-refractivity contribution in [2.24, 2.45) is 0 Å². The summed E-state index contributed by atoms with van der Waals surface area (Å²) in [5.74, 6) is -1.13. The minimum Gasteiger partial charge on any atom is -0.406 e. The highest BCUT2D eigenvalue weighted by molar-refractivity contribution is 6.22. The molecule has 0 aliphatic carbocycles. The van der Waals surface area contributed by atoms with E-state index < -0.39 is 18.2 Å². The summed E-state index contributed by atoms with van der Waals surface area (Å²) in [5.41, 5.74) is 2.62. The molecule has 2 aliphatic heterocycles. The van der Waals surface area contributed by atoms with Gasteiger partial charge in [-0.05, 0) is 35.4 Å². The summed E-state index contributed by atoms with van der Waals surface area (Å²) in [4.78, 5) is 31.5. The van der Waals surface area contributed by atoms with Crippen molar-refractivity contribution < 1.29 is 27.5 Å². The minimum absolute atomic E-state index is 0.0421. The molecule has 9 heteroatoms. The van der Waals surface area contributed by atoms with Crippen LogP contribution in [0.5, 0.6) is 5.75 Å². The van der Waals surface area contributed by atoms with Crippen LogP contribution in [-0.2, 0) is 9.59 Å². The van der Waals surface area contributed by atoms with Gasteiger partial charge >= 0.3 is 6.36 Å². The summed E-state index contributed by atoms with van der Waals surface area (Å²) >= 11 is 0. The van der Waals surface area contributed by atoms with Crippen molar-refractivity contribution in [1.29, 1.82) is 0 Å². The fourth-order valence-corrected chi connectivity index (χ4v) is 5.16. The van der Waals surface area contributed by atoms with Crippen LogP contribution in [0, 0.1) is 0 Å². The van der Waals surface area contributed by atoms with Gasteiger partial charge in [0.15, 0.2) is 0 Å². The first-order valence-electron chi connectivity index (χ1n) is 12.1. The quantitative estimate of drug-likeness (QED) is 0.454. The third kappa shape index (κ3) is 5.52. The van der Waals surface area contributed by atoms with Crippen molar-refractivity contribution in [1.82, 2.24) is 9.80 Å². The van der Waals surface area contributed by atoms with Crippen LogP contribution >= 0.6 is 0 Å². The molecule has 5 rings (SSSR count). The molecule has 0 unspecified atom stereocenters. The number of rotatable bonds is 6. The Hall–Kier alpha value is -3.69. The number of alkyl halides is 3. The van der Waals surface area contributed by atoms with Crippen LogP contribution in [-0.4, -0.2) is 60.2 Å². The highest BCUT2D eigenvalue weighted by Gasteiger charge is 2.44. The predicted molar refractivity (Wildman–Crippen MR) is 132 cm³/mol. The third-order valence-electron chi connectivity index (χ3n) is 6.84. The summed E-state index contributed by atoms with van der Waals surface area (Å²) in [6, 6.07) is 24.9. The third-order valence-corrected chi connectivity index (χ3v) is 6.84. The number of carbonyl (C=O) groups is 2. The number of hydrogen-bond acceptors (Lipinski definition) is 5. The van der Waals surface area contributed by atoms with E-state index in [-0.39, 0.29) is 30.0 Å². The molecule has 37 heavy (non-hydrogen) atoms. The van der Waals surface area contributed by atoms with E-state index >= 15 is 0 Å². The van der Waals surface area contributed by atoms with Crippen LogP contribution in [0.1, 0.15) is 23.6 Å². The van der Waals surface area contributed by atoms with Crippen LogP contribution < -0.4 is 9.64 Å². The Bertz CT molecular complexity index is 1190. The number of carbonyl (C=O) groups excluding carboxylic acids is 2. The number of nitrogens with zero attached hydrogens (tertiary/aromatic N) is 3. The van der Waals surface area contributed by atoms with Gasteiger partial charge in [-0.25, -0.2) is 4.90 Å². The van der Waals surface area contributed by atoms with Gasteiger partial charge in [0.2, 0.25) is 5.91 Å². The zero-order chi connectivity index (χ0) is 26.0. The van der Waals surface area contributed by atoms with Crippen LogP contribution in [0.3, 0.4) is 0 Å². The van der Waals surface area contributed by atoms with Crippen molar-refractivity contribution in [3.8, 4) is 5.75 Å². The normalized spacial score (nSPS) is 19.6. The van der Waals surface area contributed by atoms with Crippen molar-refractivity contribution in [3.63, 3.8) is 0 Å². The summed E-state index contributed by atoms with van der Waals surface area (Å²) < 4.78 is 41.2. The fraction of sp³-hybridized carbons (Fsp3) is 0.286. The summed E-state index contributed by atoms with van der Waals surface area (Å²) in [5, 5.41) is 0. The molecule has 2 aliphatic rings. The van der Waals surface area contributed by atoms with Crippen molar-refractivity contribution >= 4 is 17.5 Å². The standard InChI is InChI=1S/C28H26F3N3O3/c29-28(30,31)37-23-13-11-22(12-14-23)34-25(35)19-24(27(34)36)32-15-17-33(18-16-32)26(20-7-3-1-4-8-20)21-9-5-2-6-10-21/h1-14,24,26H,15-19H2/t24-/m0/s1. The second-order valence-electron chi connectivity index (χ2n) is 9.12. The summed E-state index contributed by atoms with van der Waals surface area (Å²) in [6.07, 6.45) is -4.77. The number of amides is 2. The molecule has 0 radical (unpaired) electrons. The number of benzene rings is 3. The minimum atomic E-state index is -4.81. The highest BCUT2D eigenvalue weighted by Crippen LogP contribution is 2.32. The topological polar surface area (TPSA) is 53.1 Å². The van der Waals surface area contributed by atoms with Gasteiger partial charge < -0.3 is 4.74 Å². The smallest absolute Gasteiger partial charge is 0.406 e. The second kappa shape index (κ2) is 10.4. The first-order valence-corrected chi connectivity index (χ1v) is 12.1. The molecule has 0 spiro atoms. The van der Waals surface area contributed by atoms with Crippen molar-refractivity contribution in [2.75, 3.05) is 31.1 Å². The van der Waals surface area contributed by atoms with E-state index in [1.54, 1.807) is 0 Å². The van der Waals surface area contributed by atoms with Crippen molar-refractivity contribution in [2.45, 2.75) is 24.9 Å². The zero-order valence-electron chi connectivity index (χ0n) is 20.0. The number of hydrogen-bond donors (Lipinski definition) is 0. The van der Waals surface area contributed by atoms with Gasteiger partial charge in [-0.15, -0.1) is 13.2 Å². The maximum Gasteiger partial charge on any atom is 0.573 e. The van der Waals surface area contributed by atoms with E-state index in [0.29, 0.717) is 13.1 Å². The molecule has 0 bridgehead atoms. The van der Waals surface area contributed by atoms with E-state index in [1.807, 2.05) is 41.3 Å². The van der Waals surface area contributed by atoms with Gasteiger partial charge in [-0.2, -0.15) is 0 Å². The largest absolute Gasteiger partial charge is 0.573 e. The Morgan fingerprint density at radius 3 is 1.81 bits per heavy atom. The molecule has 3 aromatic rings. The molecule has 1 atom stereocenters. The SMILES string of the molecule is O=C1C[C@H](N2CCN(C(c3ccccc3)c3ccccc3)CC2)C(=O)N1c1ccc(OC(F)(F)F)cc1. The average Bonchev–Trinajstić information content (AvgIpc) is 3.19. The Morgan fingerprint density at radius 1 is 0.757 bits per heavy atom.